The summed E-state index contributed by atoms with van der Waals surface area (Å²) < 4.78 is 6.38. The Morgan fingerprint density at radius 2 is 2.12 bits per heavy atom. The van der Waals surface area contributed by atoms with Gasteiger partial charge in [0.15, 0.2) is 0 Å². The van der Waals surface area contributed by atoms with E-state index in [0.717, 1.165) is 15.4 Å². The van der Waals surface area contributed by atoms with Gasteiger partial charge in [-0.2, -0.15) is 0 Å². The third kappa shape index (κ3) is 2.32. The summed E-state index contributed by atoms with van der Waals surface area (Å²) >= 11 is 6.75. The van der Waals surface area contributed by atoms with Gasteiger partial charge >= 0.3 is 5.97 Å². The van der Waals surface area contributed by atoms with Crippen LogP contribution >= 0.6 is 31.9 Å². The summed E-state index contributed by atoms with van der Waals surface area (Å²) in [4.78, 5) is 19.9. The van der Waals surface area contributed by atoms with Crippen molar-refractivity contribution in [2.75, 3.05) is 6.61 Å². The number of pyridine rings is 2. The molecule has 0 radical (unpaired) electrons. The summed E-state index contributed by atoms with van der Waals surface area (Å²) in [6.07, 6.45) is 4.81. The first-order chi connectivity index (χ1) is 8.15. The number of carbonyl (C=O) groups is 1. The lowest BCUT2D eigenvalue weighted by Crippen LogP contribution is -2.06. The summed E-state index contributed by atoms with van der Waals surface area (Å²) in [7, 11) is 0. The molecule has 0 bridgehead atoms. The van der Waals surface area contributed by atoms with Gasteiger partial charge in [0.05, 0.1) is 22.2 Å². The monoisotopic (exact) mass is 358 g/mol. The van der Waals surface area contributed by atoms with Gasteiger partial charge < -0.3 is 4.74 Å². The van der Waals surface area contributed by atoms with Gasteiger partial charge in [-0.05, 0) is 38.8 Å². The van der Waals surface area contributed by atoms with E-state index in [1.807, 2.05) is 0 Å². The van der Waals surface area contributed by atoms with Crippen LogP contribution in [0.3, 0.4) is 0 Å². The second kappa shape index (κ2) is 5.10. The average molecular weight is 360 g/mol. The number of ether oxygens (including phenoxy) is 1. The molecule has 2 aromatic heterocycles. The lowest BCUT2D eigenvalue weighted by Gasteiger charge is -2.07. The van der Waals surface area contributed by atoms with Crippen molar-refractivity contribution in [3.05, 3.63) is 33.1 Å². The predicted octanol–water partition coefficient (Wildman–Crippen LogP) is 3.33. The van der Waals surface area contributed by atoms with E-state index in [1.54, 1.807) is 19.3 Å². The van der Waals surface area contributed by atoms with E-state index in [4.69, 9.17) is 4.74 Å². The van der Waals surface area contributed by atoms with Gasteiger partial charge in [-0.1, -0.05) is 0 Å². The van der Waals surface area contributed by atoms with Crippen molar-refractivity contribution in [2.45, 2.75) is 6.92 Å². The number of hydrogen-bond acceptors (Lipinski definition) is 4. The molecular formula is C11H8Br2N2O2. The van der Waals surface area contributed by atoms with Gasteiger partial charge in [-0.3, -0.25) is 9.97 Å². The third-order valence-electron chi connectivity index (χ3n) is 2.16. The average Bonchev–Trinajstić information content (AvgIpc) is 2.31. The Balaban J connectivity index is 2.62. The van der Waals surface area contributed by atoms with Crippen molar-refractivity contribution in [2.24, 2.45) is 0 Å². The maximum absolute atomic E-state index is 11.7. The van der Waals surface area contributed by atoms with Crippen molar-refractivity contribution >= 4 is 48.7 Å². The molecule has 17 heavy (non-hydrogen) atoms. The van der Waals surface area contributed by atoms with Crippen LogP contribution in [0.4, 0.5) is 0 Å². The molecule has 0 spiro atoms. The molecule has 0 aliphatic heterocycles. The molecule has 0 amide bonds. The zero-order chi connectivity index (χ0) is 12.4. The smallest absolute Gasteiger partial charge is 0.340 e. The van der Waals surface area contributed by atoms with E-state index in [9.17, 15) is 4.79 Å². The fourth-order valence-corrected chi connectivity index (χ4v) is 2.39. The lowest BCUT2D eigenvalue weighted by molar-refractivity contribution is 0.0525. The quantitative estimate of drug-likeness (QED) is 0.772. The molecule has 4 nitrogen and oxygen atoms in total. The first kappa shape index (κ1) is 12.4. The maximum Gasteiger partial charge on any atom is 0.340 e. The Kier molecular flexibility index (Phi) is 3.73. The number of carbonyl (C=O) groups excluding carboxylic acids is 1. The van der Waals surface area contributed by atoms with E-state index < -0.39 is 5.97 Å². The molecule has 2 aromatic rings. The van der Waals surface area contributed by atoms with Gasteiger partial charge in [-0.25, -0.2) is 4.79 Å². The molecule has 0 aromatic carbocycles. The van der Waals surface area contributed by atoms with Crippen molar-refractivity contribution in [1.82, 2.24) is 9.97 Å². The predicted molar refractivity (Wildman–Crippen MR) is 70.9 cm³/mol. The van der Waals surface area contributed by atoms with Crippen LogP contribution in [-0.4, -0.2) is 22.5 Å². The number of esters is 1. The van der Waals surface area contributed by atoms with Gasteiger partial charge in [0.25, 0.3) is 0 Å². The third-order valence-corrected chi connectivity index (χ3v) is 3.60. The standard InChI is InChI=1S/C11H8Br2N2O2/c1-2-17-11(16)7-4-15-10-6(9(7)13)3-14-5-8(10)12/h3-5H,2H2,1H3. The minimum Gasteiger partial charge on any atom is -0.462 e. The molecule has 0 N–H and O–H groups in total. The largest absolute Gasteiger partial charge is 0.462 e. The summed E-state index contributed by atoms with van der Waals surface area (Å²) in [5.41, 5.74) is 1.15. The van der Waals surface area contributed by atoms with Crippen LogP contribution in [0.15, 0.2) is 27.5 Å². The molecule has 6 heteroatoms. The molecule has 0 atom stereocenters. The fourth-order valence-electron chi connectivity index (χ4n) is 1.40. The molecule has 0 aliphatic rings. The van der Waals surface area contributed by atoms with E-state index in [0.29, 0.717) is 16.6 Å². The van der Waals surface area contributed by atoms with Crippen LogP contribution in [0.1, 0.15) is 17.3 Å². The van der Waals surface area contributed by atoms with Crippen molar-refractivity contribution in [1.29, 1.82) is 0 Å². The molecule has 0 aliphatic carbocycles. The molecule has 0 fully saturated rings. The molecular weight excluding hydrogens is 352 g/mol. The Hall–Kier alpha value is -1.01. The number of hydrogen-bond donors (Lipinski definition) is 0. The Labute approximate surface area is 115 Å². The van der Waals surface area contributed by atoms with Crippen LogP contribution in [0.5, 0.6) is 0 Å². The van der Waals surface area contributed by atoms with Crippen LogP contribution in [-0.2, 0) is 4.74 Å². The fraction of sp³-hybridized carbons (Fsp3) is 0.182. The number of fused-ring (bicyclic) bond motifs is 1. The van der Waals surface area contributed by atoms with E-state index >= 15 is 0 Å². The topological polar surface area (TPSA) is 52.1 Å². The minimum absolute atomic E-state index is 0.333. The summed E-state index contributed by atoms with van der Waals surface area (Å²) in [6, 6.07) is 0. The summed E-state index contributed by atoms with van der Waals surface area (Å²) in [6.45, 7) is 2.10. The highest BCUT2D eigenvalue weighted by Gasteiger charge is 2.15. The van der Waals surface area contributed by atoms with Crippen LogP contribution < -0.4 is 0 Å². The SMILES string of the molecule is CCOC(=O)c1cnc2c(Br)cncc2c1Br. The van der Waals surface area contributed by atoms with Crippen LogP contribution in [0.2, 0.25) is 0 Å². The highest BCUT2D eigenvalue weighted by Crippen LogP contribution is 2.29. The second-order valence-corrected chi connectivity index (χ2v) is 4.87. The second-order valence-electron chi connectivity index (χ2n) is 3.22. The van der Waals surface area contributed by atoms with E-state index in [2.05, 4.69) is 41.8 Å². The highest BCUT2D eigenvalue weighted by molar-refractivity contribution is 9.11. The highest BCUT2D eigenvalue weighted by atomic mass is 79.9. The van der Waals surface area contributed by atoms with Gasteiger partial charge in [-0.15, -0.1) is 0 Å². The molecule has 88 valence electrons. The molecule has 2 heterocycles. The van der Waals surface area contributed by atoms with E-state index in [1.165, 1.54) is 6.20 Å². The minimum atomic E-state index is -0.395. The molecule has 0 saturated carbocycles. The first-order valence-corrected chi connectivity index (χ1v) is 6.48. The normalized spacial score (nSPS) is 10.5. The molecule has 0 unspecified atom stereocenters. The zero-order valence-electron chi connectivity index (χ0n) is 8.91. The van der Waals surface area contributed by atoms with Crippen molar-refractivity contribution in [3.8, 4) is 0 Å². The summed E-state index contributed by atoms with van der Waals surface area (Å²) in [5.74, 6) is -0.395. The van der Waals surface area contributed by atoms with Crippen LogP contribution in [0, 0.1) is 0 Å². The van der Waals surface area contributed by atoms with Gasteiger partial charge in [0.2, 0.25) is 0 Å². The maximum atomic E-state index is 11.7. The Morgan fingerprint density at radius 3 is 2.82 bits per heavy atom. The number of aromatic nitrogens is 2. The van der Waals surface area contributed by atoms with Gasteiger partial charge in [0.1, 0.15) is 0 Å². The van der Waals surface area contributed by atoms with Gasteiger partial charge in [0, 0.05) is 28.4 Å². The van der Waals surface area contributed by atoms with Crippen molar-refractivity contribution in [3.63, 3.8) is 0 Å². The number of halogens is 2. The lowest BCUT2D eigenvalue weighted by atomic mass is 10.2. The number of nitrogens with zero attached hydrogens (tertiary/aromatic N) is 2. The van der Waals surface area contributed by atoms with Crippen molar-refractivity contribution < 1.29 is 9.53 Å². The molecule has 0 saturated heterocycles. The first-order valence-electron chi connectivity index (χ1n) is 4.90. The Bertz CT molecular complexity index is 587. The molecule has 2 rings (SSSR count). The zero-order valence-corrected chi connectivity index (χ0v) is 12.1. The summed E-state index contributed by atoms with van der Waals surface area (Å²) in [5, 5.41) is 0.768. The van der Waals surface area contributed by atoms with E-state index in [-0.39, 0.29) is 0 Å². The number of rotatable bonds is 2. The Morgan fingerprint density at radius 1 is 1.35 bits per heavy atom. The van der Waals surface area contributed by atoms with Crippen LogP contribution in [0.25, 0.3) is 10.9 Å².